The van der Waals surface area contributed by atoms with E-state index in [9.17, 15) is 24.8 Å². The van der Waals surface area contributed by atoms with E-state index in [2.05, 4.69) is 10.6 Å². The number of nitrogens with one attached hydrogen (secondary N) is 2. The van der Waals surface area contributed by atoms with Crippen molar-refractivity contribution in [3.63, 3.8) is 0 Å². The van der Waals surface area contributed by atoms with Gasteiger partial charge in [-0.25, -0.2) is 0 Å². The topological polar surface area (TPSA) is 131 Å². The molecule has 0 aliphatic rings. The van der Waals surface area contributed by atoms with Gasteiger partial charge < -0.3 is 20.5 Å². The Labute approximate surface area is 171 Å². The summed E-state index contributed by atoms with van der Waals surface area (Å²) in [5.41, 5.74) is 0.134. The molecule has 0 unspecified atom stereocenters. The van der Waals surface area contributed by atoms with Crippen LogP contribution < -0.4 is 15.4 Å². The molecule has 0 heterocycles. The standard InChI is InChI=1S/C21H17N3O6/c25-19-12-15(24(28)29)8-11-18(19)23-21(27)13-20(26)22-14-6-9-17(10-7-14)30-16-4-2-1-3-5-16/h1-12,25H,13H2,(H,22,26)(H,23,27). The number of phenolic OH excluding ortho intramolecular Hbond substituents is 1. The molecule has 30 heavy (non-hydrogen) atoms. The number of carbonyl (C=O) groups excluding carboxylic acids is 2. The lowest BCUT2D eigenvalue weighted by molar-refractivity contribution is -0.384. The monoisotopic (exact) mass is 407 g/mol. The molecular weight excluding hydrogens is 390 g/mol. The van der Waals surface area contributed by atoms with Crippen molar-refractivity contribution >= 4 is 28.9 Å². The summed E-state index contributed by atoms with van der Waals surface area (Å²) in [6, 6.07) is 19.1. The van der Waals surface area contributed by atoms with E-state index in [1.165, 1.54) is 6.07 Å². The van der Waals surface area contributed by atoms with Gasteiger partial charge in [-0.15, -0.1) is 0 Å². The second-order valence-electron chi connectivity index (χ2n) is 6.17. The lowest BCUT2D eigenvalue weighted by Crippen LogP contribution is -2.21. The van der Waals surface area contributed by atoms with E-state index in [-0.39, 0.29) is 11.4 Å². The van der Waals surface area contributed by atoms with Gasteiger partial charge in [0.15, 0.2) is 0 Å². The Morgan fingerprint density at radius 2 is 1.53 bits per heavy atom. The van der Waals surface area contributed by atoms with Crippen LogP contribution in [-0.4, -0.2) is 21.8 Å². The highest BCUT2D eigenvalue weighted by atomic mass is 16.6. The molecule has 152 valence electrons. The van der Waals surface area contributed by atoms with Crippen molar-refractivity contribution in [1.82, 2.24) is 0 Å². The summed E-state index contributed by atoms with van der Waals surface area (Å²) in [6.45, 7) is 0. The van der Waals surface area contributed by atoms with Crippen LogP contribution in [0.3, 0.4) is 0 Å². The molecule has 0 saturated heterocycles. The molecule has 0 saturated carbocycles. The molecular formula is C21H17N3O6. The first-order valence-electron chi connectivity index (χ1n) is 8.81. The number of rotatable bonds is 7. The molecule has 3 rings (SSSR count). The summed E-state index contributed by atoms with van der Waals surface area (Å²) in [5, 5.41) is 25.3. The normalized spacial score (nSPS) is 10.1. The number of nitrogens with zero attached hydrogens (tertiary/aromatic N) is 1. The van der Waals surface area contributed by atoms with Crippen LogP contribution in [0.25, 0.3) is 0 Å². The van der Waals surface area contributed by atoms with Crippen molar-refractivity contribution in [3.8, 4) is 17.2 Å². The van der Waals surface area contributed by atoms with Gasteiger partial charge in [-0.3, -0.25) is 19.7 Å². The second kappa shape index (κ2) is 9.20. The van der Waals surface area contributed by atoms with Crippen LogP contribution in [0.5, 0.6) is 17.2 Å². The summed E-state index contributed by atoms with van der Waals surface area (Å²) in [5.74, 6) is -0.440. The maximum Gasteiger partial charge on any atom is 0.273 e. The number of hydrogen-bond acceptors (Lipinski definition) is 6. The number of carbonyl (C=O) groups is 2. The highest BCUT2D eigenvalue weighted by molar-refractivity contribution is 6.08. The molecule has 9 heteroatoms. The first-order chi connectivity index (χ1) is 14.4. The van der Waals surface area contributed by atoms with Gasteiger partial charge in [0.25, 0.3) is 5.69 Å². The number of hydrogen-bond donors (Lipinski definition) is 3. The molecule has 3 aromatic rings. The van der Waals surface area contributed by atoms with Crippen LogP contribution in [-0.2, 0) is 9.59 Å². The van der Waals surface area contributed by atoms with E-state index in [0.717, 1.165) is 12.1 Å². The van der Waals surface area contributed by atoms with Gasteiger partial charge in [0, 0.05) is 11.8 Å². The summed E-state index contributed by atoms with van der Waals surface area (Å²) < 4.78 is 5.66. The van der Waals surface area contributed by atoms with Gasteiger partial charge in [-0.2, -0.15) is 0 Å². The Balaban J connectivity index is 1.52. The zero-order valence-electron chi connectivity index (χ0n) is 15.6. The highest BCUT2D eigenvalue weighted by Gasteiger charge is 2.14. The smallest absolute Gasteiger partial charge is 0.273 e. The van der Waals surface area contributed by atoms with Crippen LogP contribution in [0.2, 0.25) is 0 Å². The van der Waals surface area contributed by atoms with Gasteiger partial charge >= 0.3 is 0 Å². The van der Waals surface area contributed by atoms with Gasteiger partial charge in [0.05, 0.1) is 16.7 Å². The number of para-hydroxylation sites is 1. The molecule has 3 aromatic carbocycles. The van der Waals surface area contributed by atoms with Gasteiger partial charge in [0.2, 0.25) is 11.8 Å². The van der Waals surface area contributed by atoms with Gasteiger partial charge in [-0.1, -0.05) is 18.2 Å². The van der Waals surface area contributed by atoms with Gasteiger partial charge in [-0.05, 0) is 42.5 Å². The molecule has 0 aliphatic heterocycles. The first kappa shape index (κ1) is 20.3. The molecule has 0 aliphatic carbocycles. The molecule has 2 amide bonds. The van der Waals surface area contributed by atoms with E-state index in [4.69, 9.17) is 4.74 Å². The number of anilines is 2. The predicted octanol–water partition coefficient (Wildman–Crippen LogP) is 4.06. The molecule has 0 fully saturated rings. The molecule has 0 bridgehead atoms. The Bertz CT molecular complexity index is 1070. The number of nitro benzene ring substituents is 1. The molecule has 9 nitrogen and oxygen atoms in total. The fourth-order valence-electron chi connectivity index (χ4n) is 2.52. The minimum atomic E-state index is -0.680. The zero-order chi connectivity index (χ0) is 21.5. The number of nitro groups is 1. The number of amides is 2. The second-order valence-corrected chi connectivity index (χ2v) is 6.17. The summed E-state index contributed by atoms with van der Waals surface area (Å²) in [6.07, 6.45) is -0.501. The van der Waals surface area contributed by atoms with Crippen LogP contribution >= 0.6 is 0 Å². The van der Waals surface area contributed by atoms with E-state index in [0.29, 0.717) is 17.2 Å². The average molecular weight is 407 g/mol. The first-order valence-corrected chi connectivity index (χ1v) is 8.81. The third-order valence-electron chi connectivity index (χ3n) is 3.90. The third-order valence-corrected chi connectivity index (χ3v) is 3.90. The fraction of sp³-hybridized carbons (Fsp3) is 0.0476. The fourth-order valence-corrected chi connectivity index (χ4v) is 2.52. The van der Waals surface area contributed by atoms with Crippen LogP contribution in [0, 0.1) is 10.1 Å². The summed E-state index contributed by atoms with van der Waals surface area (Å²) >= 11 is 0. The van der Waals surface area contributed by atoms with E-state index < -0.39 is 28.9 Å². The summed E-state index contributed by atoms with van der Waals surface area (Å²) in [4.78, 5) is 34.1. The molecule has 0 radical (unpaired) electrons. The minimum absolute atomic E-state index is 0.0270. The minimum Gasteiger partial charge on any atom is -0.506 e. The Morgan fingerprint density at radius 3 is 2.17 bits per heavy atom. The van der Waals surface area contributed by atoms with Crippen molar-refractivity contribution in [2.75, 3.05) is 10.6 Å². The maximum atomic E-state index is 12.1. The van der Waals surface area contributed by atoms with Crippen LogP contribution in [0.15, 0.2) is 72.8 Å². The van der Waals surface area contributed by atoms with Crippen molar-refractivity contribution in [2.24, 2.45) is 0 Å². The number of ether oxygens (including phenoxy) is 1. The van der Waals surface area contributed by atoms with E-state index in [1.807, 2.05) is 30.3 Å². The number of phenols is 1. The van der Waals surface area contributed by atoms with Gasteiger partial charge in [0.1, 0.15) is 23.7 Å². The molecule has 0 spiro atoms. The molecule has 0 atom stereocenters. The SMILES string of the molecule is O=C(CC(=O)Nc1ccc([N+](=O)[O-])cc1O)Nc1ccc(Oc2ccccc2)cc1. The van der Waals surface area contributed by atoms with Crippen LogP contribution in [0.4, 0.5) is 17.1 Å². The van der Waals surface area contributed by atoms with Crippen LogP contribution in [0.1, 0.15) is 6.42 Å². The number of non-ortho nitro benzene ring substituents is 1. The zero-order valence-corrected chi connectivity index (χ0v) is 15.6. The maximum absolute atomic E-state index is 12.1. The largest absolute Gasteiger partial charge is 0.506 e. The van der Waals surface area contributed by atoms with Crippen molar-refractivity contribution in [1.29, 1.82) is 0 Å². The molecule has 0 aromatic heterocycles. The lowest BCUT2D eigenvalue weighted by Gasteiger charge is -2.09. The van der Waals surface area contributed by atoms with E-state index in [1.54, 1.807) is 24.3 Å². The van der Waals surface area contributed by atoms with Crippen molar-refractivity contribution in [2.45, 2.75) is 6.42 Å². The number of aromatic hydroxyl groups is 1. The number of benzene rings is 3. The quantitative estimate of drug-likeness (QED) is 0.234. The van der Waals surface area contributed by atoms with Crippen molar-refractivity contribution in [3.05, 3.63) is 82.9 Å². The Kier molecular flexibility index (Phi) is 6.23. The third kappa shape index (κ3) is 5.55. The lowest BCUT2D eigenvalue weighted by atomic mass is 10.2. The Hall–Kier alpha value is -4.40. The highest BCUT2D eigenvalue weighted by Crippen LogP contribution is 2.28. The van der Waals surface area contributed by atoms with Crippen molar-refractivity contribution < 1.29 is 24.4 Å². The Morgan fingerprint density at radius 1 is 0.900 bits per heavy atom. The average Bonchev–Trinajstić information content (AvgIpc) is 2.71. The predicted molar refractivity (Wildman–Crippen MR) is 110 cm³/mol. The molecule has 3 N–H and O–H groups in total. The van der Waals surface area contributed by atoms with E-state index >= 15 is 0 Å². The summed E-state index contributed by atoms with van der Waals surface area (Å²) in [7, 11) is 0.